The highest BCUT2D eigenvalue weighted by atomic mass is 16.2. The molecule has 0 bridgehead atoms. The number of hydrogen-bond acceptors (Lipinski definition) is 4. The molecule has 1 aromatic carbocycles. The Bertz CT molecular complexity index is 499. The molecule has 0 aromatic heterocycles. The molecule has 0 atom stereocenters. The first-order chi connectivity index (χ1) is 9.43. The third-order valence-electron chi connectivity index (χ3n) is 2.71. The van der Waals surface area contributed by atoms with Gasteiger partial charge in [-0.3, -0.25) is 14.4 Å². The maximum atomic E-state index is 11.7. The van der Waals surface area contributed by atoms with Crippen LogP contribution in [0.5, 0.6) is 0 Å². The number of carbonyl (C=O) groups is 3. The van der Waals surface area contributed by atoms with Gasteiger partial charge in [-0.05, 0) is 17.7 Å². The van der Waals surface area contributed by atoms with E-state index in [2.05, 4.69) is 5.32 Å². The van der Waals surface area contributed by atoms with Gasteiger partial charge in [-0.1, -0.05) is 12.1 Å². The van der Waals surface area contributed by atoms with Crippen molar-refractivity contribution in [1.29, 1.82) is 0 Å². The molecule has 5 N–H and O–H groups in total. The second-order valence-corrected chi connectivity index (χ2v) is 4.29. The fourth-order valence-electron chi connectivity index (χ4n) is 1.52. The van der Waals surface area contributed by atoms with Gasteiger partial charge in [0.2, 0.25) is 17.7 Å². The minimum Gasteiger partial charge on any atom is -0.366 e. The third-order valence-corrected chi connectivity index (χ3v) is 2.71. The maximum absolute atomic E-state index is 11.7. The lowest BCUT2D eigenvalue weighted by atomic mass is 10.1. The van der Waals surface area contributed by atoms with Crippen molar-refractivity contribution in [3.63, 3.8) is 0 Å². The standard InChI is InChI=1S/C13H18N4O3/c1-17(12(19)7-16-11(18)6-14)8-9-2-4-10(5-3-9)13(15)20/h2-5H,6-8,14H2,1H3,(H2,15,20)(H,16,18). The summed E-state index contributed by atoms with van der Waals surface area (Å²) >= 11 is 0. The molecule has 0 fully saturated rings. The molecule has 0 heterocycles. The minimum absolute atomic E-state index is 0.0914. The quantitative estimate of drug-likeness (QED) is 0.606. The molecule has 0 spiro atoms. The zero-order valence-electron chi connectivity index (χ0n) is 11.3. The number of nitrogens with zero attached hydrogens (tertiary/aromatic N) is 1. The summed E-state index contributed by atoms with van der Waals surface area (Å²) in [6.07, 6.45) is 0. The monoisotopic (exact) mass is 278 g/mol. The largest absolute Gasteiger partial charge is 0.366 e. The first-order valence-electron chi connectivity index (χ1n) is 6.03. The van der Waals surface area contributed by atoms with Crippen molar-refractivity contribution in [2.24, 2.45) is 11.5 Å². The van der Waals surface area contributed by atoms with Crippen LogP contribution in [0, 0.1) is 0 Å². The fourth-order valence-corrected chi connectivity index (χ4v) is 1.52. The van der Waals surface area contributed by atoms with Crippen LogP contribution in [0.3, 0.4) is 0 Å². The zero-order valence-corrected chi connectivity index (χ0v) is 11.3. The Balaban J connectivity index is 2.52. The molecule has 3 amide bonds. The molecule has 1 aromatic rings. The topological polar surface area (TPSA) is 119 Å². The van der Waals surface area contributed by atoms with Crippen molar-refractivity contribution < 1.29 is 14.4 Å². The molecule has 0 unspecified atom stereocenters. The molecule has 7 nitrogen and oxygen atoms in total. The number of primary amides is 1. The van der Waals surface area contributed by atoms with Crippen molar-refractivity contribution in [3.05, 3.63) is 35.4 Å². The van der Waals surface area contributed by atoms with Crippen LogP contribution in [0.2, 0.25) is 0 Å². The molecule has 0 aliphatic carbocycles. The van der Waals surface area contributed by atoms with Crippen LogP contribution < -0.4 is 16.8 Å². The van der Waals surface area contributed by atoms with Gasteiger partial charge in [-0.15, -0.1) is 0 Å². The first kappa shape index (κ1) is 15.6. The van der Waals surface area contributed by atoms with Gasteiger partial charge in [0, 0.05) is 19.2 Å². The van der Waals surface area contributed by atoms with Gasteiger partial charge < -0.3 is 21.7 Å². The van der Waals surface area contributed by atoms with E-state index in [4.69, 9.17) is 11.5 Å². The molecule has 108 valence electrons. The summed E-state index contributed by atoms with van der Waals surface area (Å²) < 4.78 is 0. The van der Waals surface area contributed by atoms with Crippen molar-refractivity contribution in [1.82, 2.24) is 10.2 Å². The number of carbonyl (C=O) groups excluding carboxylic acids is 3. The molecule has 0 radical (unpaired) electrons. The summed E-state index contributed by atoms with van der Waals surface area (Å²) in [6, 6.07) is 6.66. The SMILES string of the molecule is CN(Cc1ccc(C(N)=O)cc1)C(=O)CNC(=O)CN. The summed E-state index contributed by atoms with van der Waals surface area (Å²) in [6.45, 7) is 0.133. The predicted octanol–water partition coefficient (Wildman–Crippen LogP) is -1.18. The van der Waals surface area contributed by atoms with Crippen LogP contribution >= 0.6 is 0 Å². The molecule has 1 rings (SSSR count). The van der Waals surface area contributed by atoms with Gasteiger partial charge in [-0.25, -0.2) is 0 Å². The Hall–Kier alpha value is -2.41. The maximum Gasteiger partial charge on any atom is 0.248 e. The smallest absolute Gasteiger partial charge is 0.248 e. The number of hydrogen-bond donors (Lipinski definition) is 3. The second-order valence-electron chi connectivity index (χ2n) is 4.29. The van der Waals surface area contributed by atoms with E-state index in [1.54, 1.807) is 31.3 Å². The molecular weight excluding hydrogens is 260 g/mol. The van der Waals surface area contributed by atoms with Crippen LogP contribution in [0.4, 0.5) is 0 Å². The summed E-state index contributed by atoms with van der Waals surface area (Å²) in [5, 5.41) is 2.41. The van der Waals surface area contributed by atoms with E-state index >= 15 is 0 Å². The number of nitrogens with one attached hydrogen (secondary N) is 1. The van der Waals surface area contributed by atoms with Crippen LogP contribution in [0.1, 0.15) is 15.9 Å². The molecule has 20 heavy (non-hydrogen) atoms. The van der Waals surface area contributed by atoms with Crippen molar-refractivity contribution in [3.8, 4) is 0 Å². The Labute approximate surface area is 116 Å². The summed E-state index contributed by atoms with van der Waals surface area (Å²) in [7, 11) is 1.62. The lowest BCUT2D eigenvalue weighted by Crippen LogP contribution is -2.40. The van der Waals surface area contributed by atoms with E-state index < -0.39 is 5.91 Å². The van der Waals surface area contributed by atoms with Crippen LogP contribution in [0.25, 0.3) is 0 Å². The molecule has 0 saturated heterocycles. The minimum atomic E-state index is -0.495. The lowest BCUT2D eigenvalue weighted by Gasteiger charge is -2.17. The van der Waals surface area contributed by atoms with Gasteiger partial charge in [0.15, 0.2) is 0 Å². The van der Waals surface area contributed by atoms with Crippen molar-refractivity contribution >= 4 is 17.7 Å². The Morgan fingerprint density at radius 3 is 2.30 bits per heavy atom. The predicted molar refractivity (Wildman–Crippen MR) is 73.5 cm³/mol. The fraction of sp³-hybridized carbons (Fsp3) is 0.308. The average molecular weight is 278 g/mol. The molecule has 0 aliphatic heterocycles. The third kappa shape index (κ3) is 4.69. The van der Waals surface area contributed by atoms with Crippen molar-refractivity contribution in [2.75, 3.05) is 20.1 Å². The lowest BCUT2D eigenvalue weighted by molar-refractivity contribution is -0.131. The number of nitrogens with two attached hydrogens (primary N) is 2. The highest BCUT2D eigenvalue weighted by Crippen LogP contribution is 2.06. The van der Waals surface area contributed by atoms with Crippen LogP contribution in [-0.4, -0.2) is 42.8 Å². The molecular formula is C13H18N4O3. The zero-order chi connectivity index (χ0) is 15.1. The van der Waals surface area contributed by atoms with Gasteiger partial charge in [0.05, 0.1) is 13.1 Å². The van der Waals surface area contributed by atoms with E-state index in [0.29, 0.717) is 12.1 Å². The number of benzene rings is 1. The van der Waals surface area contributed by atoms with Crippen molar-refractivity contribution in [2.45, 2.75) is 6.54 Å². The molecule has 0 saturated carbocycles. The van der Waals surface area contributed by atoms with E-state index in [1.807, 2.05) is 0 Å². The van der Waals surface area contributed by atoms with Crippen LogP contribution in [0.15, 0.2) is 24.3 Å². The van der Waals surface area contributed by atoms with Gasteiger partial charge in [0.25, 0.3) is 0 Å². The number of likely N-dealkylation sites (N-methyl/N-ethyl adjacent to an activating group) is 1. The molecule has 7 heteroatoms. The Kier molecular flexibility index (Phi) is 5.67. The van der Waals surface area contributed by atoms with E-state index in [0.717, 1.165) is 5.56 Å². The summed E-state index contributed by atoms with van der Waals surface area (Å²) in [5.41, 5.74) is 11.5. The van der Waals surface area contributed by atoms with Crippen LogP contribution in [-0.2, 0) is 16.1 Å². The van der Waals surface area contributed by atoms with Gasteiger partial charge in [-0.2, -0.15) is 0 Å². The number of amides is 3. The van der Waals surface area contributed by atoms with Gasteiger partial charge in [0.1, 0.15) is 0 Å². The van der Waals surface area contributed by atoms with E-state index in [1.165, 1.54) is 4.90 Å². The Morgan fingerprint density at radius 1 is 1.20 bits per heavy atom. The summed E-state index contributed by atoms with van der Waals surface area (Å²) in [4.78, 5) is 35.1. The highest BCUT2D eigenvalue weighted by molar-refractivity contribution is 5.92. The average Bonchev–Trinajstić information content (AvgIpc) is 2.44. The number of rotatable bonds is 6. The Morgan fingerprint density at radius 2 is 1.80 bits per heavy atom. The van der Waals surface area contributed by atoms with E-state index in [9.17, 15) is 14.4 Å². The summed E-state index contributed by atoms with van der Waals surface area (Å²) in [5.74, 6) is -1.10. The second kappa shape index (κ2) is 7.25. The van der Waals surface area contributed by atoms with E-state index in [-0.39, 0.29) is 24.9 Å². The highest BCUT2D eigenvalue weighted by Gasteiger charge is 2.10. The first-order valence-corrected chi connectivity index (χ1v) is 6.03. The van der Waals surface area contributed by atoms with Gasteiger partial charge >= 0.3 is 0 Å². The molecule has 0 aliphatic rings. The normalized spacial score (nSPS) is 9.90.